The summed E-state index contributed by atoms with van der Waals surface area (Å²) in [4.78, 5) is 26.4. The van der Waals surface area contributed by atoms with Gasteiger partial charge in [0.25, 0.3) is 0 Å². The summed E-state index contributed by atoms with van der Waals surface area (Å²) in [7, 11) is 0. The Balaban J connectivity index is 2.15. The Morgan fingerprint density at radius 3 is 2.38 bits per heavy atom. The first-order valence-electron chi connectivity index (χ1n) is 5.97. The minimum atomic E-state index is -1.08. The van der Waals surface area contributed by atoms with Gasteiger partial charge in [-0.1, -0.05) is 12.1 Å². The average Bonchev–Trinajstić information content (AvgIpc) is 2.94. The van der Waals surface area contributed by atoms with Crippen molar-refractivity contribution >= 4 is 23.0 Å². The summed E-state index contributed by atoms with van der Waals surface area (Å²) in [5.74, 6) is -2.10. The van der Waals surface area contributed by atoms with Gasteiger partial charge in [0.1, 0.15) is 0 Å². The van der Waals surface area contributed by atoms with E-state index in [0.29, 0.717) is 22.3 Å². The molecule has 0 saturated carbocycles. The van der Waals surface area contributed by atoms with Crippen LogP contribution in [0.4, 0.5) is 0 Å². The maximum absolute atomic E-state index is 11.3. The number of hydrogen-bond acceptors (Lipinski definition) is 4. The van der Waals surface area contributed by atoms with Crippen LogP contribution in [0, 0.1) is 0 Å². The number of nitrogens with one attached hydrogen (secondary N) is 1. The SMILES string of the molecule is O=C(O)c1ccc(-c2cc(C(=O)O)c3cn[nH]c3n2)cc1. The fraction of sp³-hybridized carbons (Fsp3) is 0. The number of H-pyrrole nitrogens is 1. The van der Waals surface area contributed by atoms with Crippen molar-refractivity contribution in [2.24, 2.45) is 0 Å². The molecule has 7 nitrogen and oxygen atoms in total. The highest BCUT2D eigenvalue weighted by atomic mass is 16.4. The molecule has 0 saturated heterocycles. The van der Waals surface area contributed by atoms with Crippen molar-refractivity contribution in [1.29, 1.82) is 0 Å². The molecule has 1 aromatic carbocycles. The summed E-state index contributed by atoms with van der Waals surface area (Å²) < 4.78 is 0. The predicted molar refractivity (Wildman–Crippen MR) is 73.2 cm³/mol. The van der Waals surface area contributed by atoms with Gasteiger partial charge >= 0.3 is 11.9 Å². The lowest BCUT2D eigenvalue weighted by Crippen LogP contribution is -2.00. The van der Waals surface area contributed by atoms with E-state index in [-0.39, 0.29) is 11.1 Å². The molecule has 7 heteroatoms. The molecule has 21 heavy (non-hydrogen) atoms. The van der Waals surface area contributed by atoms with Gasteiger partial charge in [-0.25, -0.2) is 14.6 Å². The van der Waals surface area contributed by atoms with Crippen molar-refractivity contribution < 1.29 is 19.8 Å². The quantitative estimate of drug-likeness (QED) is 0.677. The first-order chi connectivity index (χ1) is 10.1. The number of carboxylic acids is 2. The van der Waals surface area contributed by atoms with E-state index in [2.05, 4.69) is 15.2 Å². The summed E-state index contributed by atoms with van der Waals surface area (Å²) in [5.41, 5.74) is 1.66. The van der Waals surface area contributed by atoms with Gasteiger partial charge < -0.3 is 10.2 Å². The number of aromatic carboxylic acids is 2. The van der Waals surface area contributed by atoms with Gasteiger partial charge in [-0.3, -0.25) is 5.10 Å². The fourth-order valence-corrected chi connectivity index (χ4v) is 2.04. The van der Waals surface area contributed by atoms with Crippen LogP contribution in [0.3, 0.4) is 0 Å². The molecule has 3 N–H and O–H groups in total. The van der Waals surface area contributed by atoms with Gasteiger partial charge in [0.05, 0.1) is 28.4 Å². The molecule has 0 unspecified atom stereocenters. The van der Waals surface area contributed by atoms with Crippen molar-refractivity contribution in [2.75, 3.05) is 0 Å². The highest BCUT2D eigenvalue weighted by molar-refractivity contribution is 6.02. The van der Waals surface area contributed by atoms with Crippen molar-refractivity contribution in [3.63, 3.8) is 0 Å². The van der Waals surface area contributed by atoms with E-state index in [4.69, 9.17) is 5.11 Å². The summed E-state index contributed by atoms with van der Waals surface area (Å²) >= 11 is 0. The summed E-state index contributed by atoms with van der Waals surface area (Å²) in [5, 5.41) is 25.0. The number of hydrogen-bond donors (Lipinski definition) is 3. The molecule has 0 spiro atoms. The first-order valence-corrected chi connectivity index (χ1v) is 5.97. The van der Waals surface area contributed by atoms with Crippen molar-refractivity contribution in [3.05, 3.63) is 47.7 Å². The van der Waals surface area contributed by atoms with E-state index < -0.39 is 11.9 Å². The van der Waals surface area contributed by atoms with Crippen LogP contribution in [-0.4, -0.2) is 37.3 Å². The van der Waals surface area contributed by atoms with Crippen molar-refractivity contribution in [1.82, 2.24) is 15.2 Å². The highest BCUT2D eigenvalue weighted by Gasteiger charge is 2.14. The van der Waals surface area contributed by atoms with Crippen LogP contribution >= 0.6 is 0 Å². The van der Waals surface area contributed by atoms with Gasteiger partial charge in [0, 0.05) is 5.56 Å². The lowest BCUT2D eigenvalue weighted by atomic mass is 10.1. The zero-order chi connectivity index (χ0) is 15.0. The van der Waals surface area contributed by atoms with Crippen LogP contribution in [0.25, 0.3) is 22.3 Å². The number of benzene rings is 1. The molecule has 3 rings (SSSR count). The third-order valence-electron chi connectivity index (χ3n) is 3.08. The molecule has 0 radical (unpaired) electrons. The number of carbonyl (C=O) groups is 2. The van der Waals surface area contributed by atoms with E-state index in [1.54, 1.807) is 12.1 Å². The van der Waals surface area contributed by atoms with Crippen LogP contribution in [0.15, 0.2) is 36.5 Å². The third-order valence-corrected chi connectivity index (χ3v) is 3.08. The highest BCUT2D eigenvalue weighted by Crippen LogP contribution is 2.24. The molecule has 0 atom stereocenters. The molecular formula is C14H9N3O4. The predicted octanol–water partition coefficient (Wildman–Crippen LogP) is 2.02. The third kappa shape index (κ3) is 2.20. The zero-order valence-electron chi connectivity index (χ0n) is 10.6. The van der Waals surface area contributed by atoms with Gasteiger partial charge in [-0.15, -0.1) is 0 Å². The maximum Gasteiger partial charge on any atom is 0.336 e. The van der Waals surface area contributed by atoms with Gasteiger partial charge in [0.2, 0.25) is 0 Å². The molecule has 0 aliphatic heterocycles. The molecule has 0 aliphatic carbocycles. The normalized spacial score (nSPS) is 10.7. The number of aromatic amines is 1. The summed E-state index contributed by atoms with van der Waals surface area (Å²) in [6.45, 7) is 0. The lowest BCUT2D eigenvalue weighted by molar-refractivity contribution is 0.0687. The molecular weight excluding hydrogens is 274 g/mol. The number of carboxylic acid groups (broad SMARTS) is 2. The second kappa shape index (κ2) is 4.71. The minimum absolute atomic E-state index is 0.0889. The van der Waals surface area contributed by atoms with E-state index in [1.165, 1.54) is 24.4 Å². The monoisotopic (exact) mass is 283 g/mol. The van der Waals surface area contributed by atoms with Crippen LogP contribution in [0.1, 0.15) is 20.7 Å². The Hall–Kier alpha value is -3.22. The molecule has 0 fully saturated rings. The van der Waals surface area contributed by atoms with Crippen LogP contribution < -0.4 is 0 Å². The minimum Gasteiger partial charge on any atom is -0.478 e. The number of pyridine rings is 1. The van der Waals surface area contributed by atoms with E-state index in [9.17, 15) is 14.7 Å². The maximum atomic E-state index is 11.3. The van der Waals surface area contributed by atoms with Crippen LogP contribution in [-0.2, 0) is 0 Å². The Kier molecular flexibility index (Phi) is 2.87. The first kappa shape index (κ1) is 12.8. The lowest BCUT2D eigenvalue weighted by Gasteiger charge is -2.04. The molecule has 2 aromatic heterocycles. The largest absolute Gasteiger partial charge is 0.478 e. The molecule has 2 heterocycles. The Morgan fingerprint density at radius 1 is 1.05 bits per heavy atom. The van der Waals surface area contributed by atoms with E-state index in [1.807, 2.05) is 0 Å². The smallest absolute Gasteiger partial charge is 0.336 e. The molecule has 104 valence electrons. The van der Waals surface area contributed by atoms with Crippen molar-refractivity contribution in [3.8, 4) is 11.3 Å². The molecule has 0 aliphatic rings. The standard InChI is InChI=1S/C14H9N3O4/c18-13(19)8-3-1-7(2-4-8)11-5-9(14(20)21)10-6-15-17-12(10)16-11/h1-6H,(H,18,19)(H,20,21)(H,15,16,17). The van der Waals surface area contributed by atoms with Crippen LogP contribution in [0.2, 0.25) is 0 Å². The van der Waals surface area contributed by atoms with E-state index >= 15 is 0 Å². The second-order valence-electron chi connectivity index (χ2n) is 4.37. The number of aromatic nitrogens is 3. The average molecular weight is 283 g/mol. The number of fused-ring (bicyclic) bond motifs is 1. The van der Waals surface area contributed by atoms with E-state index in [0.717, 1.165) is 0 Å². The Bertz CT molecular complexity index is 852. The molecule has 0 bridgehead atoms. The molecule has 0 amide bonds. The second-order valence-corrected chi connectivity index (χ2v) is 4.37. The summed E-state index contributed by atoms with van der Waals surface area (Å²) in [6.07, 6.45) is 1.41. The number of nitrogens with zero attached hydrogens (tertiary/aromatic N) is 2. The Morgan fingerprint density at radius 2 is 1.76 bits per heavy atom. The fourth-order valence-electron chi connectivity index (χ4n) is 2.04. The van der Waals surface area contributed by atoms with Gasteiger partial charge in [0.15, 0.2) is 5.65 Å². The van der Waals surface area contributed by atoms with Crippen LogP contribution in [0.5, 0.6) is 0 Å². The summed E-state index contributed by atoms with van der Waals surface area (Å²) in [6, 6.07) is 7.49. The molecule has 3 aromatic rings. The topological polar surface area (TPSA) is 116 Å². The Labute approximate surface area is 117 Å². The van der Waals surface area contributed by atoms with Gasteiger partial charge in [-0.2, -0.15) is 5.10 Å². The van der Waals surface area contributed by atoms with Gasteiger partial charge in [-0.05, 0) is 18.2 Å². The number of rotatable bonds is 3. The van der Waals surface area contributed by atoms with Crippen molar-refractivity contribution in [2.45, 2.75) is 0 Å². The zero-order valence-corrected chi connectivity index (χ0v) is 10.6.